The lowest BCUT2D eigenvalue weighted by atomic mass is 10.2. The molecule has 11 heavy (non-hydrogen) atoms. The molecular weight excluding hydrogens is 180 g/mol. The molecule has 0 aromatic heterocycles. The fourth-order valence-electron chi connectivity index (χ4n) is 1.10. The minimum Gasteiger partial charge on any atom is -0.286 e. The van der Waals surface area contributed by atoms with Gasteiger partial charge in [-0.25, -0.2) is 0 Å². The second kappa shape index (κ2) is 2.54. The number of hydrogen-bond acceptors (Lipinski definition) is 2. The molecule has 0 bridgehead atoms. The van der Waals surface area contributed by atoms with Gasteiger partial charge < -0.3 is 0 Å². The quantitative estimate of drug-likeness (QED) is 0.617. The molecule has 1 aliphatic rings. The van der Waals surface area contributed by atoms with Crippen LogP contribution in [-0.2, 0) is 11.2 Å². The second-order valence-corrected chi connectivity index (χ2v) is 3.94. The minimum atomic E-state index is 0.210. The third-order valence-electron chi connectivity index (χ3n) is 1.58. The molecule has 1 heterocycles. The lowest BCUT2D eigenvalue weighted by Gasteiger charge is -1.94. The number of carbonyl (C=O) groups excluding carboxylic acids is 1. The van der Waals surface area contributed by atoms with Crippen molar-refractivity contribution in [2.75, 3.05) is 0 Å². The van der Waals surface area contributed by atoms with Crippen LogP contribution in [0, 0.1) is 0 Å². The van der Waals surface area contributed by atoms with Gasteiger partial charge in [0, 0.05) is 16.3 Å². The Labute approximate surface area is 73.7 Å². The van der Waals surface area contributed by atoms with Crippen LogP contribution in [0.15, 0.2) is 23.1 Å². The van der Waals surface area contributed by atoms with Crippen LogP contribution < -0.4 is 0 Å². The molecule has 0 saturated heterocycles. The van der Waals surface area contributed by atoms with Crippen molar-refractivity contribution < 1.29 is 4.79 Å². The van der Waals surface area contributed by atoms with Gasteiger partial charge in [0.1, 0.15) is 0 Å². The molecule has 1 aromatic carbocycles. The highest BCUT2D eigenvalue weighted by Gasteiger charge is 2.18. The summed E-state index contributed by atoms with van der Waals surface area (Å²) in [6.45, 7) is 0. The summed E-state index contributed by atoms with van der Waals surface area (Å²) in [5.41, 5.74) is 1.06. The molecule has 0 spiro atoms. The van der Waals surface area contributed by atoms with Gasteiger partial charge in [0.2, 0.25) is 0 Å². The maximum Gasteiger partial charge on any atom is 0.198 e. The summed E-state index contributed by atoms with van der Waals surface area (Å²) in [6.07, 6.45) is 0.528. The van der Waals surface area contributed by atoms with Crippen LogP contribution in [-0.4, -0.2) is 5.12 Å². The van der Waals surface area contributed by atoms with Crippen LogP contribution in [0.2, 0.25) is 5.02 Å². The van der Waals surface area contributed by atoms with E-state index in [4.69, 9.17) is 11.6 Å². The SMILES string of the molecule is O=C1Cc2cc(Cl)ccc2S1. The van der Waals surface area contributed by atoms with Crippen LogP contribution >= 0.6 is 23.4 Å². The molecule has 0 N–H and O–H groups in total. The molecule has 0 amide bonds. The zero-order valence-electron chi connectivity index (χ0n) is 5.63. The third-order valence-corrected chi connectivity index (χ3v) is 2.81. The molecule has 0 radical (unpaired) electrons. The largest absolute Gasteiger partial charge is 0.286 e. The Hall–Kier alpha value is -0.470. The first kappa shape index (κ1) is 7.19. The Kier molecular flexibility index (Phi) is 1.66. The second-order valence-electron chi connectivity index (χ2n) is 2.40. The Morgan fingerprint density at radius 2 is 2.27 bits per heavy atom. The zero-order valence-corrected chi connectivity index (χ0v) is 7.21. The van der Waals surface area contributed by atoms with Crippen molar-refractivity contribution in [3.8, 4) is 0 Å². The molecular formula is C8H5ClOS. The summed E-state index contributed by atoms with van der Waals surface area (Å²) in [6, 6.07) is 5.56. The number of fused-ring (bicyclic) bond motifs is 1. The van der Waals surface area contributed by atoms with Crippen molar-refractivity contribution in [1.29, 1.82) is 0 Å². The first-order valence-corrected chi connectivity index (χ1v) is 4.44. The van der Waals surface area contributed by atoms with Crippen LogP contribution in [0.25, 0.3) is 0 Å². The first-order valence-electron chi connectivity index (χ1n) is 3.25. The van der Waals surface area contributed by atoms with Gasteiger partial charge in [-0.15, -0.1) is 0 Å². The fourth-order valence-corrected chi connectivity index (χ4v) is 2.17. The molecule has 0 unspecified atom stereocenters. The number of carbonyl (C=O) groups is 1. The van der Waals surface area contributed by atoms with Gasteiger partial charge in [-0.1, -0.05) is 23.4 Å². The van der Waals surface area contributed by atoms with E-state index in [0.29, 0.717) is 11.4 Å². The minimum absolute atomic E-state index is 0.210. The summed E-state index contributed by atoms with van der Waals surface area (Å²) in [5, 5.41) is 0.918. The average molecular weight is 185 g/mol. The van der Waals surface area contributed by atoms with E-state index in [1.54, 1.807) is 0 Å². The average Bonchev–Trinajstić information content (AvgIpc) is 2.27. The summed E-state index contributed by atoms with van der Waals surface area (Å²) >= 11 is 7.05. The van der Waals surface area contributed by atoms with E-state index in [1.165, 1.54) is 11.8 Å². The molecule has 0 atom stereocenters. The molecule has 2 rings (SSSR count). The number of hydrogen-bond donors (Lipinski definition) is 0. The zero-order chi connectivity index (χ0) is 7.84. The van der Waals surface area contributed by atoms with Gasteiger partial charge in [-0.05, 0) is 23.8 Å². The lowest BCUT2D eigenvalue weighted by molar-refractivity contribution is -0.110. The molecule has 3 heteroatoms. The van der Waals surface area contributed by atoms with Crippen molar-refractivity contribution in [2.24, 2.45) is 0 Å². The van der Waals surface area contributed by atoms with E-state index >= 15 is 0 Å². The fraction of sp³-hybridized carbons (Fsp3) is 0.125. The van der Waals surface area contributed by atoms with E-state index in [9.17, 15) is 4.79 Å². The van der Waals surface area contributed by atoms with Crippen LogP contribution in [0.1, 0.15) is 5.56 Å². The van der Waals surface area contributed by atoms with Gasteiger partial charge >= 0.3 is 0 Å². The number of halogens is 1. The van der Waals surface area contributed by atoms with Crippen molar-refractivity contribution in [3.63, 3.8) is 0 Å². The number of rotatable bonds is 0. The maximum atomic E-state index is 10.9. The van der Waals surface area contributed by atoms with Gasteiger partial charge in [0.05, 0.1) is 0 Å². The maximum absolute atomic E-state index is 10.9. The van der Waals surface area contributed by atoms with Gasteiger partial charge in [0.15, 0.2) is 5.12 Å². The normalized spacial score (nSPS) is 15.2. The van der Waals surface area contributed by atoms with E-state index in [1.807, 2.05) is 18.2 Å². The molecule has 0 saturated carbocycles. The first-order chi connectivity index (χ1) is 5.25. The van der Waals surface area contributed by atoms with Gasteiger partial charge in [-0.2, -0.15) is 0 Å². The Balaban J connectivity index is 2.51. The Morgan fingerprint density at radius 3 is 3.09 bits per heavy atom. The van der Waals surface area contributed by atoms with Crippen LogP contribution in [0.3, 0.4) is 0 Å². The van der Waals surface area contributed by atoms with E-state index < -0.39 is 0 Å². The highest BCUT2D eigenvalue weighted by Crippen LogP contribution is 2.33. The number of thioether (sulfide) groups is 1. The van der Waals surface area contributed by atoms with Crippen molar-refractivity contribution in [3.05, 3.63) is 28.8 Å². The Bertz CT molecular complexity index is 322. The monoisotopic (exact) mass is 184 g/mol. The van der Waals surface area contributed by atoms with Crippen LogP contribution in [0.4, 0.5) is 0 Å². The molecule has 0 fully saturated rings. The predicted octanol–water partition coefficient (Wildman–Crippen LogP) is 2.51. The molecule has 1 aliphatic heterocycles. The van der Waals surface area contributed by atoms with Crippen molar-refractivity contribution in [1.82, 2.24) is 0 Å². The van der Waals surface area contributed by atoms with E-state index in [2.05, 4.69) is 0 Å². The smallest absolute Gasteiger partial charge is 0.198 e. The van der Waals surface area contributed by atoms with Crippen molar-refractivity contribution in [2.45, 2.75) is 11.3 Å². The predicted molar refractivity (Wildman–Crippen MR) is 46.0 cm³/mol. The van der Waals surface area contributed by atoms with Gasteiger partial charge in [0.25, 0.3) is 0 Å². The molecule has 1 aromatic rings. The molecule has 1 nitrogen and oxygen atoms in total. The molecule has 56 valence electrons. The third kappa shape index (κ3) is 1.28. The summed E-state index contributed by atoms with van der Waals surface area (Å²) in [7, 11) is 0. The highest BCUT2D eigenvalue weighted by atomic mass is 35.5. The highest BCUT2D eigenvalue weighted by molar-refractivity contribution is 8.14. The summed E-state index contributed by atoms with van der Waals surface area (Å²) in [4.78, 5) is 12.0. The standard InChI is InChI=1S/C8H5ClOS/c9-6-1-2-7-5(3-6)4-8(10)11-7/h1-3H,4H2. The Morgan fingerprint density at radius 1 is 1.45 bits per heavy atom. The molecule has 0 aliphatic carbocycles. The number of benzene rings is 1. The van der Waals surface area contributed by atoms with Gasteiger partial charge in [-0.3, -0.25) is 4.79 Å². The van der Waals surface area contributed by atoms with Crippen molar-refractivity contribution >= 4 is 28.5 Å². The van der Waals surface area contributed by atoms with Crippen LogP contribution in [0.5, 0.6) is 0 Å². The topological polar surface area (TPSA) is 17.1 Å². The summed E-state index contributed by atoms with van der Waals surface area (Å²) < 4.78 is 0. The van der Waals surface area contributed by atoms with E-state index in [-0.39, 0.29) is 5.12 Å². The lowest BCUT2D eigenvalue weighted by Crippen LogP contribution is -1.85. The summed E-state index contributed by atoms with van der Waals surface area (Å²) in [5.74, 6) is 0. The van der Waals surface area contributed by atoms with E-state index in [0.717, 1.165) is 10.5 Å².